The number of alkyl halides is 3. The molecule has 0 aliphatic carbocycles. The van der Waals surface area contributed by atoms with E-state index in [0.717, 1.165) is 48.3 Å². The molecule has 0 saturated carbocycles. The van der Waals surface area contributed by atoms with Crippen LogP contribution in [-0.4, -0.2) is 47.7 Å². The van der Waals surface area contributed by atoms with Crippen LogP contribution in [0.15, 0.2) is 48.7 Å². The lowest BCUT2D eigenvalue weighted by Crippen LogP contribution is -2.28. The van der Waals surface area contributed by atoms with E-state index in [1.807, 2.05) is 56.3 Å². The molecule has 204 valence electrons. The van der Waals surface area contributed by atoms with Gasteiger partial charge in [-0.3, -0.25) is 4.84 Å². The fourth-order valence-corrected chi connectivity index (χ4v) is 4.65. The summed E-state index contributed by atoms with van der Waals surface area (Å²) in [5.74, 6) is 0.531. The van der Waals surface area contributed by atoms with E-state index >= 15 is 0 Å². The summed E-state index contributed by atoms with van der Waals surface area (Å²) in [5.41, 5.74) is 2.38. The van der Waals surface area contributed by atoms with E-state index < -0.39 is 17.8 Å². The summed E-state index contributed by atoms with van der Waals surface area (Å²) >= 11 is 0. The number of benzene rings is 2. The molecule has 0 unspecified atom stereocenters. The zero-order chi connectivity index (χ0) is 27.3. The van der Waals surface area contributed by atoms with Gasteiger partial charge < -0.3 is 15.0 Å². The molecule has 0 spiro atoms. The molecule has 3 aromatic rings. The molecule has 1 N–H and O–H groups in total. The Hall–Kier alpha value is -3.37. The van der Waals surface area contributed by atoms with Crippen LogP contribution in [0.1, 0.15) is 48.6 Å². The molecular formula is C28H34F3N5O2. The number of anilines is 3. The van der Waals surface area contributed by atoms with E-state index in [4.69, 9.17) is 9.57 Å². The Morgan fingerprint density at radius 1 is 1.11 bits per heavy atom. The lowest BCUT2D eigenvalue weighted by Gasteiger charge is -2.26. The van der Waals surface area contributed by atoms with E-state index in [1.165, 1.54) is 5.06 Å². The SMILES string of the molecule is CCN(CC)CCOc1c(C)cc(Nc2ncc(C(F)(F)F)c(N3OCC[C@H]3c3ccccc3)n2)cc1C. The average Bonchev–Trinajstić information content (AvgIpc) is 3.38. The highest BCUT2D eigenvalue weighted by Gasteiger charge is 2.40. The largest absolute Gasteiger partial charge is 0.492 e. The summed E-state index contributed by atoms with van der Waals surface area (Å²) in [4.78, 5) is 16.2. The van der Waals surface area contributed by atoms with Crippen molar-refractivity contribution in [3.05, 3.63) is 70.9 Å². The smallest absolute Gasteiger partial charge is 0.421 e. The number of hydrogen-bond acceptors (Lipinski definition) is 7. The highest BCUT2D eigenvalue weighted by atomic mass is 19.4. The standard InChI is InChI=1S/C28H34F3N5O2/c1-5-35(6-2)13-15-37-25-19(3)16-22(17-20(25)4)33-27-32-18-23(28(29,30)31)26(34-27)36-24(12-14-38-36)21-10-8-7-9-11-21/h7-11,16-18,24H,5-6,12-15H2,1-4H3,(H,32,33,34)/t24-/m0/s1. The van der Waals surface area contributed by atoms with Gasteiger partial charge in [-0.05, 0) is 55.8 Å². The molecule has 0 bridgehead atoms. The minimum absolute atomic E-state index is 0.0457. The molecule has 7 nitrogen and oxygen atoms in total. The molecule has 1 aliphatic heterocycles. The molecule has 1 aromatic heterocycles. The second kappa shape index (κ2) is 12.0. The van der Waals surface area contributed by atoms with Gasteiger partial charge in [-0.1, -0.05) is 44.2 Å². The van der Waals surface area contributed by atoms with Crippen LogP contribution in [0.5, 0.6) is 5.75 Å². The fraction of sp³-hybridized carbons (Fsp3) is 0.429. The predicted molar refractivity (Wildman–Crippen MR) is 142 cm³/mol. The first kappa shape index (κ1) is 27.7. The number of halogens is 3. The van der Waals surface area contributed by atoms with Crippen LogP contribution >= 0.6 is 0 Å². The zero-order valence-corrected chi connectivity index (χ0v) is 22.2. The van der Waals surface area contributed by atoms with Crippen LogP contribution in [0.4, 0.5) is 30.6 Å². The number of hydrogen-bond donors (Lipinski definition) is 1. The third kappa shape index (κ3) is 6.36. The van der Waals surface area contributed by atoms with E-state index in [2.05, 4.69) is 34.0 Å². The van der Waals surface area contributed by atoms with Crippen molar-refractivity contribution in [3.8, 4) is 5.75 Å². The van der Waals surface area contributed by atoms with Gasteiger partial charge in [0.25, 0.3) is 0 Å². The summed E-state index contributed by atoms with van der Waals surface area (Å²) in [7, 11) is 0. The molecule has 1 saturated heterocycles. The number of ether oxygens (including phenoxy) is 1. The van der Waals surface area contributed by atoms with Gasteiger partial charge in [-0.2, -0.15) is 18.2 Å². The van der Waals surface area contributed by atoms with Crippen molar-refractivity contribution in [2.45, 2.75) is 46.3 Å². The third-order valence-electron chi connectivity index (χ3n) is 6.64. The maximum Gasteiger partial charge on any atom is 0.421 e. The minimum atomic E-state index is -4.64. The van der Waals surface area contributed by atoms with Crippen molar-refractivity contribution in [3.63, 3.8) is 0 Å². The van der Waals surface area contributed by atoms with Crippen molar-refractivity contribution >= 4 is 17.5 Å². The number of aromatic nitrogens is 2. The van der Waals surface area contributed by atoms with Gasteiger partial charge in [0.05, 0.1) is 12.6 Å². The van der Waals surface area contributed by atoms with E-state index in [9.17, 15) is 13.2 Å². The highest BCUT2D eigenvalue weighted by Crippen LogP contribution is 2.41. The van der Waals surface area contributed by atoms with Crippen LogP contribution in [0.25, 0.3) is 0 Å². The first-order valence-corrected chi connectivity index (χ1v) is 12.9. The normalized spacial score (nSPS) is 15.8. The van der Waals surface area contributed by atoms with Gasteiger partial charge >= 0.3 is 6.18 Å². The molecule has 2 aromatic carbocycles. The summed E-state index contributed by atoms with van der Waals surface area (Å²) in [6, 6.07) is 12.7. The molecule has 2 heterocycles. The molecule has 1 aliphatic rings. The first-order chi connectivity index (χ1) is 18.2. The Morgan fingerprint density at radius 3 is 2.42 bits per heavy atom. The van der Waals surface area contributed by atoms with Gasteiger partial charge in [-0.15, -0.1) is 0 Å². The number of nitrogens with one attached hydrogen (secondary N) is 1. The van der Waals surface area contributed by atoms with Gasteiger partial charge in [0.2, 0.25) is 5.95 Å². The number of aryl methyl sites for hydroxylation is 2. The van der Waals surface area contributed by atoms with Crippen LogP contribution in [0, 0.1) is 13.8 Å². The summed E-state index contributed by atoms with van der Waals surface area (Å²) in [6.45, 7) is 11.7. The van der Waals surface area contributed by atoms with Crippen LogP contribution in [0.3, 0.4) is 0 Å². The van der Waals surface area contributed by atoms with Crippen molar-refractivity contribution in [2.75, 3.05) is 43.2 Å². The Kier molecular flexibility index (Phi) is 8.73. The maximum atomic E-state index is 13.9. The monoisotopic (exact) mass is 529 g/mol. The second-order valence-corrected chi connectivity index (χ2v) is 9.24. The zero-order valence-electron chi connectivity index (χ0n) is 22.2. The van der Waals surface area contributed by atoms with Crippen molar-refractivity contribution in [1.82, 2.24) is 14.9 Å². The third-order valence-corrected chi connectivity index (χ3v) is 6.64. The van der Waals surface area contributed by atoms with Crippen molar-refractivity contribution in [1.29, 1.82) is 0 Å². The number of hydroxylamine groups is 1. The molecular weight excluding hydrogens is 495 g/mol. The van der Waals surface area contributed by atoms with E-state index in [-0.39, 0.29) is 18.4 Å². The Labute approximate surface area is 221 Å². The number of likely N-dealkylation sites (N-methyl/N-ethyl adjacent to an activating group) is 1. The molecule has 1 fully saturated rings. The van der Waals surface area contributed by atoms with E-state index in [1.54, 1.807) is 0 Å². The maximum absolute atomic E-state index is 13.9. The number of rotatable bonds is 10. The molecule has 10 heteroatoms. The van der Waals surface area contributed by atoms with Gasteiger partial charge in [-0.25, -0.2) is 10.0 Å². The quantitative estimate of drug-likeness (QED) is 0.323. The van der Waals surface area contributed by atoms with Crippen LogP contribution in [-0.2, 0) is 11.0 Å². The average molecular weight is 530 g/mol. The lowest BCUT2D eigenvalue weighted by atomic mass is 10.0. The Morgan fingerprint density at radius 2 is 1.79 bits per heavy atom. The molecule has 0 amide bonds. The summed E-state index contributed by atoms with van der Waals surface area (Å²) < 4.78 is 47.9. The van der Waals surface area contributed by atoms with Gasteiger partial charge in [0.15, 0.2) is 5.82 Å². The first-order valence-electron chi connectivity index (χ1n) is 12.9. The molecule has 38 heavy (non-hydrogen) atoms. The summed E-state index contributed by atoms with van der Waals surface area (Å²) in [6.07, 6.45) is -3.29. The molecule has 1 atom stereocenters. The molecule has 4 rings (SSSR count). The Bertz CT molecular complexity index is 1200. The van der Waals surface area contributed by atoms with Crippen molar-refractivity contribution < 1.29 is 22.7 Å². The second-order valence-electron chi connectivity index (χ2n) is 9.24. The predicted octanol–water partition coefficient (Wildman–Crippen LogP) is 6.46. The number of nitrogens with zero attached hydrogens (tertiary/aromatic N) is 4. The Balaban J connectivity index is 1.58. The fourth-order valence-electron chi connectivity index (χ4n) is 4.65. The van der Waals surface area contributed by atoms with Gasteiger partial charge in [0.1, 0.15) is 17.9 Å². The van der Waals surface area contributed by atoms with Crippen LogP contribution < -0.4 is 15.1 Å². The molecule has 0 radical (unpaired) electrons. The van der Waals surface area contributed by atoms with E-state index in [0.29, 0.717) is 18.7 Å². The highest BCUT2D eigenvalue weighted by molar-refractivity contribution is 5.62. The van der Waals surface area contributed by atoms with Crippen molar-refractivity contribution in [2.24, 2.45) is 0 Å². The minimum Gasteiger partial charge on any atom is -0.492 e. The van der Waals surface area contributed by atoms with Gasteiger partial charge in [0, 0.05) is 24.8 Å². The lowest BCUT2D eigenvalue weighted by molar-refractivity contribution is -0.138. The topological polar surface area (TPSA) is 62.8 Å². The summed E-state index contributed by atoms with van der Waals surface area (Å²) in [5, 5.41) is 4.33. The van der Waals surface area contributed by atoms with Crippen LogP contribution in [0.2, 0.25) is 0 Å².